The van der Waals surface area contributed by atoms with E-state index in [1.54, 1.807) is 13.8 Å². The number of carboxylic acid groups (broad SMARTS) is 1. The van der Waals surface area contributed by atoms with Gasteiger partial charge in [-0.15, -0.1) is 0 Å². The number of rotatable bonds is 5. The van der Waals surface area contributed by atoms with Gasteiger partial charge in [0.15, 0.2) is 0 Å². The first kappa shape index (κ1) is 13.0. The highest BCUT2D eigenvalue weighted by atomic mass is 16.4. The molecule has 0 aromatic heterocycles. The fraction of sp³-hybridized carbons (Fsp3) is 0.833. The third kappa shape index (κ3) is 2.36. The molecule has 1 amide bonds. The van der Waals surface area contributed by atoms with Gasteiger partial charge in [-0.2, -0.15) is 0 Å². The van der Waals surface area contributed by atoms with E-state index in [1.165, 1.54) is 0 Å². The molecule has 0 bridgehead atoms. The number of carboxylic acids is 1. The Kier molecular flexibility index (Phi) is 3.94. The average molecular weight is 227 g/mol. The number of carbonyl (C=O) groups is 2. The van der Waals surface area contributed by atoms with Crippen LogP contribution >= 0.6 is 0 Å². The minimum absolute atomic E-state index is 0.0295. The molecule has 0 radical (unpaired) electrons. The van der Waals surface area contributed by atoms with Crippen LogP contribution in [0.4, 0.5) is 0 Å². The third-order valence-electron chi connectivity index (χ3n) is 3.97. The molecule has 2 unspecified atom stereocenters. The van der Waals surface area contributed by atoms with Crippen LogP contribution in [0.1, 0.15) is 46.5 Å². The zero-order valence-corrected chi connectivity index (χ0v) is 10.2. The van der Waals surface area contributed by atoms with E-state index >= 15 is 0 Å². The highest BCUT2D eigenvalue weighted by Crippen LogP contribution is 2.44. The van der Waals surface area contributed by atoms with Gasteiger partial charge in [0.25, 0.3) is 0 Å². The summed E-state index contributed by atoms with van der Waals surface area (Å²) >= 11 is 0. The first-order chi connectivity index (χ1) is 7.43. The zero-order chi connectivity index (χ0) is 12.3. The molecule has 4 nitrogen and oxygen atoms in total. The monoisotopic (exact) mass is 227 g/mol. The highest BCUT2D eigenvalue weighted by Gasteiger charge is 2.43. The van der Waals surface area contributed by atoms with E-state index in [0.717, 1.165) is 25.7 Å². The molecular weight excluding hydrogens is 206 g/mol. The van der Waals surface area contributed by atoms with E-state index in [9.17, 15) is 9.59 Å². The SMILES string of the molecule is CCC1(C(=O)NC(C)C(C)C(=O)O)CCC1. The fourth-order valence-corrected chi connectivity index (χ4v) is 2.04. The molecule has 0 aromatic rings. The number of amides is 1. The van der Waals surface area contributed by atoms with E-state index in [4.69, 9.17) is 5.11 Å². The Hall–Kier alpha value is -1.06. The Morgan fingerprint density at radius 3 is 2.25 bits per heavy atom. The summed E-state index contributed by atoms with van der Waals surface area (Å²) in [6.45, 7) is 5.38. The van der Waals surface area contributed by atoms with Crippen LogP contribution in [0, 0.1) is 11.3 Å². The minimum atomic E-state index is -0.869. The summed E-state index contributed by atoms with van der Waals surface area (Å²) in [5.41, 5.74) is -0.216. The third-order valence-corrected chi connectivity index (χ3v) is 3.97. The molecule has 2 atom stereocenters. The van der Waals surface area contributed by atoms with Gasteiger partial charge in [-0.05, 0) is 33.1 Å². The van der Waals surface area contributed by atoms with Crippen LogP contribution in [0.3, 0.4) is 0 Å². The molecule has 1 aliphatic rings. The lowest BCUT2D eigenvalue weighted by molar-refractivity contribution is -0.143. The number of hydrogen-bond donors (Lipinski definition) is 2. The molecule has 0 saturated heterocycles. The molecule has 1 saturated carbocycles. The molecule has 16 heavy (non-hydrogen) atoms. The van der Waals surface area contributed by atoms with Crippen molar-refractivity contribution in [2.75, 3.05) is 0 Å². The first-order valence-corrected chi connectivity index (χ1v) is 5.97. The summed E-state index contributed by atoms with van der Waals surface area (Å²) in [6.07, 6.45) is 3.81. The lowest BCUT2D eigenvalue weighted by atomic mass is 9.66. The van der Waals surface area contributed by atoms with E-state index in [2.05, 4.69) is 5.32 Å². The summed E-state index contributed by atoms with van der Waals surface area (Å²) < 4.78 is 0. The van der Waals surface area contributed by atoms with Crippen LogP contribution in [0.15, 0.2) is 0 Å². The van der Waals surface area contributed by atoms with Crippen LogP contribution in [0.2, 0.25) is 0 Å². The molecule has 0 spiro atoms. The lowest BCUT2D eigenvalue weighted by Gasteiger charge is -2.40. The minimum Gasteiger partial charge on any atom is -0.481 e. The lowest BCUT2D eigenvalue weighted by Crippen LogP contribution is -2.50. The molecule has 1 fully saturated rings. The van der Waals surface area contributed by atoms with Gasteiger partial charge in [-0.1, -0.05) is 13.3 Å². The summed E-state index contributed by atoms with van der Waals surface area (Å²) in [5, 5.41) is 11.7. The van der Waals surface area contributed by atoms with Crippen LogP contribution in [-0.2, 0) is 9.59 Å². The van der Waals surface area contributed by atoms with Crippen LogP contribution < -0.4 is 5.32 Å². The van der Waals surface area contributed by atoms with Crippen molar-refractivity contribution in [2.24, 2.45) is 11.3 Å². The van der Waals surface area contributed by atoms with Gasteiger partial charge in [-0.3, -0.25) is 9.59 Å². The number of nitrogens with one attached hydrogen (secondary N) is 1. The van der Waals surface area contributed by atoms with Crippen molar-refractivity contribution in [3.63, 3.8) is 0 Å². The normalized spacial score (nSPS) is 21.7. The predicted octanol–water partition coefficient (Wildman–Crippen LogP) is 1.79. The molecule has 92 valence electrons. The molecule has 0 aliphatic heterocycles. The number of hydrogen-bond acceptors (Lipinski definition) is 2. The second kappa shape index (κ2) is 4.85. The van der Waals surface area contributed by atoms with E-state index in [-0.39, 0.29) is 17.4 Å². The van der Waals surface area contributed by atoms with Gasteiger partial charge in [-0.25, -0.2) is 0 Å². The topological polar surface area (TPSA) is 66.4 Å². The molecule has 0 heterocycles. The van der Waals surface area contributed by atoms with Crippen molar-refractivity contribution < 1.29 is 14.7 Å². The van der Waals surface area contributed by atoms with Crippen molar-refractivity contribution in [2.45, 2.75) is 52.5 Å². The van der Waals surface area contributed by atoms with Gasteiger partial charge < -0.3 is 10.4 Å². The van der Waals surface area contributed by atoms with E-state index in [1.807, 2.05) is 6.92 Å². The zero-order valence-electron chi connectivity index (χ0n) is 10.2. The second-order valence-corrected chi connectivity index (χ2v) is 4.88. The maximum absolute atomic E-state index is 12.0. The molecular formula is C12H21NO3. The molecule has 1 aliphatic carbocycles. The van der Waals surface area contributed by atoms with Gasteiger partial charge >= 0.3 is 5.97 Å². The summed E-state index contributed by atoms with van der Waals surface area (Å²) in [6, 6.07) is -0.311. The molecule has 1 rings (SSSR count). The highest BCUT2D eigenvalue weighted by molar-refractivity contribution is 5.84. The van der Waals surface area contributed by atoms with Crippen LogP contribution in [0.25, 0.3) is 0 Å². The Morgan fingerprint density at radius 2 is 1.94 bits per heavy atom. The van der Waals surface area contributed by atoms with Crippen molar-refractivity contribution in [1.29, 1.82) is 0 Å². The summed E-state index contributed by atoms with van der Waals surface area (Å²) in [5.74, 6) is -1.38. The van der Waals surface area contributed by atoms with E-state index in [0.29, 0.717) is 0 Å². The smallest absolute Gasteiger partial charge is 0.308 e. The summed E-state index contributed by atoms with van der Waals surface area (Å²) in [7, 11) is 0. The Morgan fingerprint density at radius 1 is 1.38 bits per heavy atom. The van der Waals surface area contributed by atoms with E-state index < -0.39 is 11.9 Å². The van der Waals surface area contributed by atoms with Crippen LogP contribution in [0.5, 0.6) is 0 Å². The molecule has 0 aromatic carbocycles. The molecule has 2 N–H and O–H groups in total. The van der Waals surface area contributed by atoms with Crippen LogP contribution in [-0.4, -0.2) is 23.0 Å². The van der Waals surface area contributed by atoms with Crippen molar-refractivity contribution in [1.82, 2.24) is 5.32 Å². The van der Waals surface area contributed by atoms with Gasteiger partial charge in [0, 0.05) is 11.5 Å². The average Bonchev–Trinajstić information content (AvgIpc) is 2.15. The quantitative estimate of drug-likeness (QED) is 0.752. The van der Waals surface area contributed by atoms with Gasteiger partial charge in [0.1, 0.15) is 0 Å². The standard InChI is InChI=1S/C12H21NO3/c1-4-12(6-5-7-12)11(16)13-9(3)8(2)10(14)15/h8-9H,4-7H2,1-3H3,(H,13,16)(H,14,15). The molecule has 4 heteroatoms. The maximum atomic E-state index is 12.0. The van der Waals surface area contributed by atoms with Crippen molar-refractivity contribution >= 4 is 11.9 Å². The fourth-order valence-electron chi connectivity index (χ4n) is 2.04. The number of aliphatic carboxylic acids is 1. The maximum Gasteiger partial charge on any atom is 0.308 e. The largest absolute Gasteiger partial charge is 0.481 e. The first-order valence-electron chi connectivity index (χ1n) is 5.97. The Balaban J connectivity index is 2.54. The predicted molar refractivity (Wildman–Crippen MR) is 61.0 cm³/mol. The van der Waals surface area contributed by atoms with Gasteiger partial charge in [0.05, 0.1) is 5.92 Å². The Bertz CT molecular complexity index is 278. The Labute approximate surface area is 96.4 Å². The second-order valence-electron chi connectivity index (χ2n) is 4.88. The van der Waals surface area contributed by atoms with Gasteiger partial charge in [0.2, 0.25) is 5.91 Å². The van der Waals surface area contributed by atoms with Crippen molar-refractivity contribution in [3.8, 4) is 0 Å². The van der Waals surface area contributed by atoms with Crippen molar-refractivity contribution in [3.05, 3.63) is 0 Å². The summed E-state index contributed by atoms with van der Waals surface area (Å²) in [4.78, 5) is 22.8. The number of carbonyl (C=O) groups excluding carboxylic acids is 1.